The lowest BCUT2D eigenvalue weighted by Gasteiger charge is -2.43. The first-order chi connectivity index (χ1) is 10.1. The smallest absolute Gasteiger partial charge is 0.129 e. The molecule has 1 aliphatic heterocycles. The summed E-state index contributed by atoms with van der Waals surface area (Å²) in [6, 6.07) is 4.45. The van der Waals surface area contributed by atoms with E-state index in [1.165, 1.54) is 11.3 Å². The average Bonchev–Trinajstić information content (AvgIpc) is 2.46. The van der Waals surface area contributed by atoms with Crippen molar-refractivity contribution in [3.8, 4) is 0 Å². The number of morpholine rings is 1. The number of nitrogens with one attached hydrogen (secondary N) is 1. The molecule has 0 amide bonds. The highest BCUT2D eigenvalue weighted by Crippen LogP contribution is 2.26. The minimum atomic E-state index is 0.00569. The summed E-state index contributed by atoms with van der Waals surface area (Å²) in [4.78, 5) is 7.23. The van der Waals surface area contributed by atoms with E-state index >= 15 is 0 Å². The zero-order valence-electron chi connectivity index (χ0n) is 13.9. The van der Waals surface area contributed by atoms with Gasteiger partial charge in [0.15, 0.2) is 0 Å². The van der Waals surface area contributed by atoms with Gasteiger partial charge in [-0.25, -0.2) is 4.98 Å². The molecule has 0 aromatic carbocycles. The van der Waals surface area contributed by atoms with Gasteiger partial charge in [0.2, 0.25) is 0 Å². The van der Waals surface area contributed by atoms with Gasteiger partial charge >= 0.3 is 0 Å². The third-order valence-corrected chi connectivity index (χ3v) is 3.96. The number of aryl methyl sites for hydroxylation is 1. The highest BCUT2D eigenvalue weighted by atomic mass is 16.5. The summed E-state index contributed by atoms with van der Waals surface area (Å²) in [6.07, 6.45) is 2.13. The Morgan fingerprint density at radius 3 is 2.81 bits per heavy atom. The summed E-state index contributed by atoms with van der Waals surface area (Å²) >= 11 is 0. The molecule has 118 valence electrons. The molecule has 0 aliphatic carbocycles. The number of nitrogens with zero attached hydrogens (tertiary/aromatic N) is 2. The van der Waals surface area contributed by atoms with Crippen molar-refractivity contribution >= 4 is 5.82 Å². The molecule has 1 aromatic rings. The van der Waals surface area contributed by atoms with E-state index in [-0.39, 0.29) is 5.54 Å². The summed E-state index contributed by atoms with van der Waals surface area (Å²) < 4.78 is 5.62. The van der Waals surface area contributed by atoms with Crippen LogP contribution in [0, 0.1) is 0 Å². The standard InChI is InChI=1S/C17H29N3O/c1-5-7-18-12-14-10-15(6-2)19-16(11-14)20-8-9-21-13-17(20,3)4/h10-11,18H,5-9,12-13H2,1-4H3. The van der Waals surface area contributed by atoms with Gasteiger partial charge in [-0.2, -0.15) is 0 Å². The van der Waals surface area contributed by atoms with Gasteiger partial charge in [-0.1, -0.05) is 13.8 Å². The zero-order chi connectivity index (χ0) is 15.3. The van der Waals surface area contributed by atoms with E-state index in [9.17, 15) is 0 Å². The number of anilines is 1. The van der Waals surface area contributed by atoms with Gasteiger partial charge in [0.05, 0.1) is 18.8 Å². The van der Waals surface area contributed by atoms with Crippen molar-refractivity contribution in [1.29, 1.82) is 0 Å². The number of ether oxygens (including phenoxy) is 1. The average molecular weight is 291 g/mol. The maximum absolute atomic E-state index is 5.62. The summed E-state index contributed by atoms with van der Waals surface area (Å²) in [5.41, 5.74) is 2.50. The van der Waals surface area contributed by atoms with Gasteiger partial charge < -0.3 is 15.0 Å². The molecule has 2 rings (SSSR count). The number of hydrogen-bond donors (Lipinski definition) is 1. The van der Waals surface area contributed by atoms with Crippen LogP contribution in [-0.4, -0.2) is 36.8 Å². The van der Waals surface area contributed by atoms with Gasteiger partial charge in [0.25, 0.3) is 0 Å². The lowest BCUT2D eigenvalue weighted by Crippen LogP contribution is -2.53. The van der Waals surface area contributed by atoms with Crippen molar-refractivity contribution < 1.29 is 4.74 Å². The largest absolute Gasteiger partial charge is 0.377 e. The number of rotatable bonds is 6. The SMILES string of the molecule is CCCNCc1cc(CC)nc(N2CCOCC2(C)C)c1. The highest BCUT2D eigenvalue weighted by Gasteiger charge is 2.31. The van der Waals surface area contributed by atoms with Crippen molar-refractivity contribution in [3.63, 3.8) is 0 Å². The molecule has 0 atom stereocenters. The van der Waals surface area contributed by atoms with Crippen molar-refractivity contribution in [2.24, 2.45) is 0 Å². The first-order valence-electron chi connectivity index (χ1n) is 8.12. The first kappa shape index (κ1) is 16.2. The van der Waals surface area contributed by atoms with Crippen LogP contribution in [0.1, 0.15) is 45.4 Å². The minimum absolute atomic E-state index is 0.00569. The Labute approximate surface area is 128 Å². The quantitative estimate of drug-likeness (QED) is 0.818. The monoisotopic (exact) mass is 291 g/mol. The fraction of sp³-hybridized carbons (Fsp3) is 0.706. The Kier molecular flexibility index (Phi) is 5.59. The van der Waals surface area contributed by atoms with Crippen LogP contribution in [0.2, 0.25) is 0 Å². The molecular formula is C17H29N3O. The van der Waals surface area contributed by atoms with Gasteiger partial charge in [0.1, 0.15) is 5.82 Å². The molecule has 1 aliphatic rings. The van der Waals surface area contributed by atoms with E-state index in [0.29, 0.717) is 0 Å². The van der Waals surface area contributed by atoms with Crippen molar-refractivity contribution in [1.82, 2.24) is 10.3 Å². The molecule has 1 fully saturated rings. The fourth-order valence-electron chi connectivity index (χ4n) is 2.75. The Morgan fingerprint density at radius 1 is 1.33 bits per heavy atom. The van der Waals surface area contributed by atoms with Crippen LogP contribution in [0.5, 0.6) is 0 Å². The normalized spacial score (nSPS) is 18.0. The lowest BCUT2D eigenvalue weighted by molar-refractivity contribution is 0.0639. The summed E-state index contributed by atoms with van der Waals surface area (Å²) in [6.45, 7) is 13.2. The molecule has 1 aromatic heterocycles. The lowest BCUT2D eigenvalue weighted by atomic mass is 10.0. The second-order valence-electron chi connectivity index (χ2n) is 6.37. The molecule has 0 bridgehead atoms. The Morgan fingerprint density at radius 2 is 2.14 bits per heavy atom. The second-order valence-corrected chi connectivity index (χ2v) is 6.37. The predicted molar refractivity (Wildman–Crippen MR) is 87.9 cm³/mol. The Bertz CT molecular complexity index is 459. The van der Waals surface area contributed by atoms with Crippen LogP contribution < -0.4 is 10.2 Å². The predicted octanol–water partition coefficient (Wildman–Crippen LogP) is 2.76. The van der Waals surface area contributed by atoms with E-state index in [0.717, 1.165) is 51.5 Å². The molecule has 4 heteroatoms. The topological polar surface area (TPSA) is 37.4 Å². The van der Waals surface area contributed by atoms with Crippen molar-refractivity contribution in [3.05, 3.63) is 23.4 Å². The molecule has 0 unspecified atom stereocenters. The third kappa shape index (κ3) is 4.17. The van der Waals surface area contributed by atoms with Crippen LogP contribution >= 0.6 is 0 Å². The maximum atomic E-state index is 5.62. The summed E-state index contributed by atoms with van der Waals surface area (Å²) in [7, 11) is 0. The molecule has 21 heavy (non-hydrogen) atoms. The van der Waals surface area contributed by atoms with Crippen LogP contribution in [-0.2, 0) is 17.7 Å². The van der Waals surface area contributed by atoms with Crippen molar-refractivity contribution in [2.45, 2.75) is 52.6 Å². The molecular weight excluding hydrogens is 262 g/mol. The zero-order valence-corrected chi connectivity index (χ0v) is 13.9. The van der Waals surface area contributed by atoms with E-state index < -0.39 is 0 Å². The van der Waals surface area contributed by atoms with Gasteiger partial charge in [-0.05, 0) is 50.9 Å². The van der Waals surface area contributed by atoms with Gasteiger partial charge in [-0.3, -0.25) is 0 Å². The van der Waals surface area contributed by atoms with Crippen molar-refractivity contribution in [2.75, 3.05) is 31.2 Å². The number of pyridine rings is 1. The summed E-state index contributed by atoms with van der Waals surface area (Å²) in [5.74, 6) is 1.09. The van der Waals surface area contributed by atoms with Crippen LogP contribution in [0.4, 0.5) is 5.82 Å². The molecule has 1 saturated heterocycles. The molecule has 0 spiro atoms. The highest BCUT2D eigenvalue weighted by molar-refractivity contribution is 5.46. The van der Waals surface area contributed by atoms with E-state index in [1.807, 2.05) is 0 Å². The molecule has 4 nitrogen and oxygen atoms in total. The fourth-order valence-corrected chi connectivity index (χ4v) is 2.75. The number of aromatic nitrogens is 1. The third-order valence-electron chi connectivity index (χ3n) is 3.96. The summed E-state index contributed by atoms with van der Waals surface area (Å²) in [5, 5.41) is 3.48. The van der Waals surface area contributed by atoms with Crippen LogP contribution in [0.25, 0.3) is 0 Å². The minimum Gasteiger partial charge on any atom is -0.377 e. The molecule has 0 saturated carbocycles. The van der Waals surface area contributed by atoms with E-state index in [2.05, 4.69) is 50.0 Å². The molecule has 2 heterocycles. The molecule has 0 radical (unpaired) electrons. The van der Waals surface area contributed by atoms with Crippen LogP contribution in [0.3, 0.4) is 0 Å². The second kappa shape index (κ2) is 7.23. The first-order valence-corrected chi connectivity index (χ1v) is 8.12. The van der Waals surface area contributed by atoms with Crippen LogP contribution in [0.15, 0.2) is 12.1 Å². The number of hydrogen-bond acceptors (Lipinski definition) is 4. The van der Waals surface area contributed by atoms with Gasteiger partial charge in [0, 0.05) is 18.8 Å². The van der Waals surface area contributed by atoms with Gasteiger partial charge in [-0.15, -0.1) is 0 Å². The Balaban J connectivity index is 2.23. The molecule has 1 N–H and O–H groups in total. The van der Waals surface area contributed by atoms with E-state index in [4.69, 9.17) is 9.72 Å². The van der Waals surface area contributed by atoms with E-state index in [1.54, 1.807) is 0 Å². The maximum Gasteiger partial charge on any atom is 0.129 e. The Hall–Kier alpha value is -1.13.